The van der Waals surface area contributed by atoms with Crippen LogP contribution in [0.2, 0.25) is 0 Å². The van der Waals surface area contributed by atoms with Crippen LogP contribution >= 0.6 is 15.9 Å². The van der Waals surface area contributed by atoms with Crippen LogP contribution in [0.4, 0.5) is 0 Å². The molecule has 1 aliphatic heterocycles. The first-order valence-electron chi connectivity index (χ1n) is 7.21. The van der Waals surface area contributed by atoms with Crippen molar-refractivity contribution in [2.75, 3.05) is 19.7 Å². The van der Waals surface area contributed by atoms with Crippen molar-refractivity contribution in [1.29, 1.82) is 0 Å². The highest BCUT2D eigenvalue weighted by Gasteiger charge is 2.34. The quantitative estimate of drug-likeness (QED) is 0.870. The Hall–Kier alpha value is -0.390. The molecule has 2 N–H and O–H groups in total. The number of aromatic nitrogens is 2. The van der Waals surface area contributed by atoms with Crippen LogP contribution in [-0.4, -0.2) is 34.6 Å². The van der Waals surface area contributed by atoms with Crippen molar-refractivity contribution in [3.8, 4) is 0 Å². The van der Waals surface area contributed by atoms with E-state index in [0.717, 1.165) is 55.5 Å². The van der Waals surface area contributed by atoms with E-state index in [9.17, 15) is 5.11 Å². The van der Waals surface area contributed by atoms with Crippen LogP contribution in [0.15, 0.2) is 4.47 Å². The van der Waals surface area contributed by atoms with E-state index in [-0.39, 0.29) is 12.0 Å². The lowest BCUT2D eigenvalue weighted by molar-refractivity contribution is 0.0925. The van der Waals surface area contributed by atoms with Crippen LogP contribution in [0, 0.1) is 5.41 Å². The Morgan fingerprint density at radius 3 is 2.79 bits per heavy atom. The van der Waals surface area contributed by atoms with Gasteiger partial charge < -0.3 is 10.4 Å². The SMILES string of the molecule is CCc1nn(CC)c(CC2(CO)CCCNC2)c1Br. The Balaban J connectivity index is 2.28. The molecule has 0 bridgehead atoms. The van der Waals surface area contributed by atoms with Gasteiger partial charge in [-0.25, -0.2) is 0 Å². The van der Waals surface area contributed by atoms with Crippen LogP contribution in [0.5, 0.6) is 0 Å². The number of aryl methyl sites for hydroxylation is 2. The van der Waals surface area contributed by atoms with Gasteiger partial charge in [-0.1, -0.05) is 6.92 Å². The Bertz CT molecular complexity index is 425. The fourth-order valence-electron chi connectivity index (χ4n) is 2.91. The van der Waals surface area contributed by atoms with Gasteiger partial charge in [0.2, 0.25) is 0 Å². The third-order valence-electron chi connectivity index (χ3n) is 4.13. The van der Waals surface area contributed by atoms with Crippen molar-refractivity contribution in [2.24, 2.45) is 5.41 Å². The molecule has 1 fully saturated rings. The summed E-state index contributed by atoms with van der Waals surface area (Å²) in [6.07, 6.45) is 4.04. The van der Waals surface area contributed by atoms with E-state index in [1.54, 1.807) is 0 Å². The number of aliphatic hydroxyl groups excluding tert-OH is 1. The zero-order valence-corrected chi connectivity index (χ0v) is 13.5. The lowest BCUT2D eigenvalue weighted by Gasteiger charge is -2.36. The number of aliphatic hydroxyl groups is 1. The van der Waals surface area contributed by atoms with Crippen LogP contribution in [0.3, 0.4) is 0 Å². The molecule has 1 aromatic heterocycles. The molecule has 2 heterocycles. The van der Waals surface area contributed by atoms with E-state index in [2.05, 4.69) is 44.9 Å². The van der Waals surface area contributed by atoms with Crippen molar-refractivity contribution in [1.82, 2.24) is 15.1 Å². The highest BCUT2D eigenvalue weighted by Crippen LogP contribution is 2.34. The largest absolute Gasteiger partial charge is 0.396 e. The number of nitrogens with one attached hydrogen (secondary N) is 1. The van der Waals surface area contributed by atoms with Gasteiger partial charge in [0.1, 0.15) is 0 Å². The zero-order valence-electron chi connectivity index (χ0n) is 11.9. The Morgan fingerprint density at radius 1 is 1.47 bits per heavy atom. The Morgan fingerprint density at radius 2 is 2.26 bits per heavy atom. The fourth-order valence-corrected chi connectivity index (χ4v) is 3.62. The smallest absolute Gasteiger partial charge is 0.0766 e. The predicted octanol–water partition coefficient (Wildman–Crippen LogP) is 2.13. The average molecular weight is 330 g/mol. The molecule has 0 radical (unpaired) electrons. The van der Waals surface area contributed by atoms with E-state index in [1.807, 2.05) is 0 Å². The second kappa shape index (κ2) is 6.37. The fraction of sp³-hybridized carbons (Fsp3) is 0.786. The zero-order chi connectivity index (χ0) is 13.9. The summed E-state index contributed by atoms with van der Waals surface area (Å²) in [6.45, 7) is 7.32. The van der Waals surface area contributed by atoms with Gasteiger partial charge in [-0.3, -0.25) is 4.68 Å². The number of rotatable bonds is 5. The van der Waals surface area contributed by atoms with E-state index in [0.29, 0.717) is 0 Å². The number of nitrogens with zero attached hydrogens (tertiary/aromatic N) is 2. The highest BCUT2D eigenvalue weighted by atomic mass is 79.9. The molecule has 1 unspecified atom stereocenters. The predicted molar refractivity (Wildman–Crippen MR) is 80.3 cm³/mol. The molecule has 2 rings (SSSR count). The van der Waals surface area contributed by atoms with E-state index < -0.39 is 0 Å². The molecule has 108 valence electrons. The van der Waals surface area contributed by atoms with Crippen molar-refractivity contribution in [2.45, 2.75) is 46.1 Å². The first-order chi connectivity index (χ1) is 9.15. The van der Waals surface area contributed by atoms with Crippen LogP contribution in [-0.2, 0) is 19.4 Å². The summed E-state index contributed by atoms with van der Waals surface area (Å²) in [5, 5.41) is 17.9. The molecule has 0 amide bonds. The molecule has 5 heteroatoms. The molecule has 1 aliphatic rings. The second-order valence-electron chi connectivity index (χ2n) is 5.49. The topological polar surface area (TPSA) is 50.1 Å². The van der Waals surface area contributed by atoms with Gasteiger partial charge >= 0.3 is 0 Å². The Kier molecular flexibility index (Phi) is 5.03. The molecular formula is C14H24BrN3O. The average Bonchev–Trinajstić information content (AvgIpc) is 2.76. The third-order valence-corrected chi connectivity index (χ3v) is 5.05. The summed E-state index contributed by atoms with van der Waals surface area (Å²) in [5.41, 5.74) is 2.32. The van der Waals surface area contributed by atoms with Gasteiger partial charge in [-0.15, -0.1) is 0 Å². The van der Waals surface area contributed by atoms with E-state index >= 15 is 0 Å². The number of halogens is 1. The summed E-state index contributed by atoms with van der Waals surface area (Å²) in [6, 6.07) is 0. The molecule has 19 heavy (non-hydrogen) atoms. The summed E-state index contributed by atoms with van der Waals surface area (Å²) in [7, 11) is 0. The maximum Gasteiger partial charge on any atom is 0.0766 e. The van der Waals surface area contributed by atoms with Crippen molar-refractivity contribution >= 4 is 15.9 Å². The number of hydrogen-bond donors (Lipinski definition) is 2. The minimum Gasteiger partial charge on any atom is -0.396 e. The molecule has 0 spiro atoms. The monoisotopic (exact) mass is 329 g/mol. The molecule has 1 saturated heterocycles. The second-order valence-corrected chi connectivity index (χ2v) is 6.28. The van der Waals surface area contributed by atoms with Crippen LogP contribution < -0.4 is 5.32 Å². The van der Waals surface area contributed by atoms with E-state index in [4.69, 9.17) is 0 Å². The highest BCUT2D eigenvalue weighted by molar-refractivity contribution is 9.10. The summed E-state index contributed by atoms with van der Waals surface area (Å²) in [4.78, 5) is 0. The summed E-state index contributed by atoms with van der Waals surface area (Å²) in [5.74, 6) is 0. The van der Waals surface area contributed by atoms with Crippen LogP contribution in [0.25, 0.3) is 0 Å². The van der Waals surface area contributed by atoms with Gasteiger partial charge in [-0.05, 0) is 55.1 Å². The number of piperidine rings is 1. The maximum absolute atomic E-state index is 9.84. The molecule has 1 aromatic rings. The van der Waals surface area contributed by atoms with Crippen LogP contribution in [0.1, 0.15) is 38.1 Å². The molecule has 0 aliphatic carbocycles. The Labute approximate surface area is 123 Å². The molecule has 1 atom stereocenters. The first-order valence-corrected chi connectivity index (χ1v) is 8.00. The van der Waals surface area contributed by atoms with Gasteiger partial charge in [-0.2, -0.15) is 5.10 Å². The summed E-state index contributed by atoms with van der Waals surface area (Å²) < 4.78 is 3.21. The van der Waals surface area contributed by atoms with Gasteiger partial charge in [0.25, 0.3) is 0 Å². The standard InChI is InChI=1S/C14H24BrN3O/c1-3-11-13(15)12(18(4-2)17-11)8-14(10-19)6-5-7-16-9-14/h16,19H,3-10H2,1-2H3. The van der Waals surface area contributed by atoms with Gasteiger partial charge in [0.15, 0.2) is 0 Å². The third kappa shape index (κ3) is 3.03. The minimum atomic E-state index is -0.0290. The number of hydrogen-bond acceptors (Lipinski definition) is 3. The van der Waals surface area contributed by atoms with Gasteiger partial charge in [0, 0.05) is 18.5 Å². The molecule has 0 aromatic carbocycles. The minimum absolute atomic E-state index is 0.0290. The summed E-state index contributed by atoms with van der Waals surface area (Å²) >= 11 is 3.70. The maximum atomic E-state index is 9.84. The molecular weight excluding hydrogens is 306 g/mol. The first kappa shape index (κ1) is 15.0. The molecule has 0 saturated carbocycles. The van der Waals surface area contributed by atoms with E-state index in [1.165, 1.54) is 5.69 Å². The molecule has 4 nitrogen and oxygen atoms in total. The van der Waals surface area contributed by atoms with Crippen molar-refractivity contribution in [3.63, 3.8) is 0 Å². The van der Waals surface area contributed by atoms with Gasteiger partial charge in [0.05, 0.1) is 22.5 Å². The van der Waals surface area contributed by atoms with Crippen molar-refractivity contribution in [3.05, 3.63) is 15.9 Å². The van der Waals surface area contributed by atoms with Crippen molar-refractivity contribution < 1.29 is 5.11 Å². The lowest BCUT2D eigenvalue weighted by atomic mass is 9.77. The lowest BCUT2D eigenvalue weighted by Crippen LogP contribution is -2.44. The normalized spacial score (nSPS) is 23.8.